The van der Waals surface area contributed by atoms with Gasteiger partial charge in [0.15, 0.2) is 5.82 Å². The molecule has 30 heavy (non-hydrogen) atoms. The van der Waals surface area contributed by atoms with Crippen LogP contribution in [0.2, 0.25) is 5.02 Å². The van der Waals surface area contributed by atoms with Crippen LogP contribution in [0.3, 0.4) is 0 Å². The second kappa shape index (κ2) is 9.09. The number of carbonyl (C=O) groups excluding carboxylic acids is 1. The monoisotopic (exact) mass is 423 g/mol. The highest BCUT2D eigenvalue weighted by Gasteiger charge is 2.27. The van der Waals surface area contributed by atoms with Crippen LogP contribution < -0.4 is 15.0 Å². The first-order valence-corrected chi connectivity index (χ1v) is 10.2. The summed E-state index contributed by atoms with van der Waals surface area (Å²) >= 11 is 6.07. The molecule has 7 nitrogen and oxygen atoms in total. The number of methoxy groups -OCH3 is 1. The zero-order chi connectivity index (χ0) is 20.9. The minimum absolute atomic E-state index is 0.0540. The quantitative estimate of drug-likeness (QED) is 0.666. The van der Waals surface area contributed by atoms with E-state index in [2.05, 4.69) is 25.4 Å². The molecular weight excluding hydrogens is 402 g/mol. The number of hydrogen-bond donors (Lipinski definition) is 1. The normalized spacial score (nSPS) is 16.2. The molecule has 1 atom stereocenters. The van der Waals surface area contributed by atoms with Crippen LogP contribution in [0.15, 0.2) is 54.9 Å². The number of rotatable bonds is 5. The molecule has 0 bridgehead atoms. The van der Waals surface area contributed by atoms with Crippen molar-refractivity contribution < 1.29 is 9.53 Å². The van der Waals surface area contributed by atoms with Crippen molar-refractivity contribution in [3.63, 3.8) is 0 Å². The van der Waals surface area contributed by atoms with Gasteiger partial charge < -0.3 is 15.0 Å². The molecule has 0 saturated carbocycles. The van der Waals surface area contributed by atoms with Crippen molar-refractivity contribution in [2.24, 2.45) is 5.92 Å². The molecule has 1 saturated heterocycles. The highest BCUT2D eigenvalue weighted by atomic mass is 35.5. The van der Waals surface area contributed by atoms with Gasteiger partial charge in [0.2, 0.25) is 5.91 Å². The second-order valence-corrected chi connectivity index (χ2v) is 7.57. The van der Waals surface area contributed by atoms with Crippen molar-refractivity contribution in [2.45, 2.75) is 12.8 Å². The SMILES string of the molecule is COc1ccc(Cl)cc1NC(=O)C1CCCN(c2ccc(-c3ccncc3)nn2)C1. The molecule has 2 aromatic heterocycles. The molecule has 0 radical (unpaired) electrons. The smallest absolute Gasteiger partial charge is 0.229 e. The number of nitrogens with zero attached hydrogens (tertiary/aromatic N) is 4. The summed E-state index contributed by atoms with van der Waals surface area (Å²) in [6.07, 6.45) is 5.17. The summed E-state index contributed by atoms with van der Waals surface area (Å²) in [6.45, 7) is 1.42. The molecule has 1 fully saturated rings. The molecule has 0 aliphatic carbocycles. The third kappa shape index (κ3) is 4.52. The zero-order valence-corrected chi connectivity index (χ0v) is 17.3. The van der Waals surface area contributed by atoms with E-state index in [-0.39, 0.29) is 11.8 Å². The van der Waals surface area contributed by atoms with E-state index in [4.69, 9.17) is 16.3 Å². The van der Waals surface area contributed by atoms with E-state index in [1.807, 2.05) is 24.3 Å². The average Bonchev–Trinajstić information content (AvgIpc) is 2.80. The second-order valence-electron chi connectivity index (χ2n) is 7.13. The Hall–Kier alpha value is -3.19. The molecule has 0 spiro atoms. The Balaban J connectivity index is 1.44. The molecule has 8 heteroatoms. The lowest BCUT2D eigenvalue weighted by atomic mass is 9.97. The number of amides is 1. The van der Waals surface area contributed by atoms with Crippen LogP contribution in [0.25, 0.3) is 11.3 Å². The van der Waals surface area contributed by atoms with Gasteiger partial charge in [0.25, 0.3) is 0 Å². The average molecular weight is 424 g/mol. The van der Waals surface area contributed by atoms with E-state index in [1.54, 1.807) is 37.7 Å². The van der Waals surface area contributed by atoms with Crippen LogP contribution in [0.4, 0.5) is 11.5 Å². The van der Waals surface area contributed by atoms with Crippen molar-refractivity contribution in [1.29, 1.82) is 0 Å². The Bertz CT molecular complexity index is 1010. The first kappa shape index (κ1) is 20.1. The first-order chi connectivity index (χ1) is 14.6. The Morgan fingerprint density at radius 3 is 2.73 bits per heavy atom. The van der Waals surface area contributed by atoms with E-state index in [9.17, 15) is 4.79 Å². The van der Waals surface area contributed by atoms with Gasteiger partial charge in [-0.2, -0.15) is 0 Å². The molecule has 1 amide bonds. The van der Waals surface area contributed by atoms with Gasteiger partial charge in [-0.3, -0.25) is 9.78 Å². The number of piperidine rings is 1. The number of anilines is 2. The molecular formula is C22H22ClN5O2. The number of carbonyl (C=O) groups is 1. The summed E-state index contributed by atoms with van der Waals surface area (Å²) in [6, 6.07) is 12.9. The van der Waals surface area contributed by atoms with Crippen LogP contribution in [-0.4, -0.2) is 41.3 Å². The molecule has 1 N–H and O–H groups in total. The Morgan fingerprint density at radius 1 is 1.17 bits per heavy atom. The number of nitrogens with one attached hydrogen (secondary N) is 1. The van der Waals surface area contributed by atoms with E-state index < -0.39 is 0 Å². The van der Waals surface area contributed by atoms with Gasteiger partial charge in [-0.1, -0.05) is 11.6 Å². The van der Waals surface area contributed by atoms with Crippen molar-refractivity contribution in [3.05, 3.63) is 59.9 Å². The number of aromatic nitrogens is 3. The summed E-state index contributed by atoms with van der Waals surface area (Å²) in [4.78, 5) is 19.0. The molecule has 1 aromatic carbocycles. The number of halogens is 1. The van der Waals surface area contributed by atoms with Gasteiger partial charge >= 0.3 is 0 Å². The summed E-state index contributed by atoms with van der Waals surface area (Å²) < 4.78 is 5.32. The van der Waals surface area contributed by atoms with Crippen molar-refractivity contribution in [3.8, 4) is 17.0 Å². The van der Waals surface area contributed by atoms with E-state index >= 15 is 0 Å². The fraction of sp³-hybridized carbons (Fsp3) is 0.273. The van der Waals surface area contributed by atoms with E-state index in [1.165, 1.54) is 0 Å². The Labute approximate surface area is 180 Å². The summed E-state index contributed by atoms with van der Waals surface area (Å²) in [5, 5.41) is 12.2. The maximum Gasteiger partial charge on any atom is 0.229 e. The molecule has 154 valence electrons. The lowest BCUT2D eigenvalue weighted by molar-refractivity contribution is -0.120. The van der Waals surface area contributed by atoms with Gasteiger partial charge in [-0.05, 0) is 55.3 Å². The van der Waals surface area contributed by atoms with Gasteiger partial charge in [-0.15, -0.1) is 10.2 Å². The minimum atomic E-state index is -0.163. The van der Waals surface area contributed by atoms with Crippen LogP contribution >= 0.6 is 11.6 Å². The topological polar surface area (TPSA) is 80.2 Å². The van der Waals surface area contributed by atoms with Crippen molar-refractivity contribution >= 4 is 29.0 Å². The van der Waals surface area contributed by atoms with Crippen molar-refractivity contribution in [2.75, 3.05) is 30.4 Å². The maximum atomic E-state index is 12.9. The van der Waals surface area contributed by atoms with Gasteiger partial charge in [0.05, 0.1) is 24.4 Å². The lowest BCUT2D eigenvalue weighted by Gasteiger charge is -2.32. The predicted molar refractivity (Wildman–Crippen MR) is 117 cm³/mol. The molecule has 1 aliphatic rings. The third-order valence-electron chi connectivity index (χ3n) is 5.16. The van der Waals surface area contributed by atoms with Crippen LogP contribution in [0.5, 0.6) is 5.75 Å². The number of hydrogen-bond acceptors (Lipinski definition) is 6. The van der Waals surface area contributed by atoms with E-state index in [0.29, 0.717) is 23.0 Å². The number of benzene rings is 1. The summed E-state index contributed by atoms with van der Waals surface area (Å²) in [7, 11) is 1.57. The first-order valence-electron chi connectivity index (χ1n) is 9.77. The fourth-order valence-electron chi connectivity index (χ4n) is 3.58. The highest BCUT2D eigenvalue weighted by molar-refractivity contribution is 6.31. The standard InChI is InChI=1S/C22H22ClN5O2/c1-30-20-6-4-17(23)13-19(20)25-22(29)16-3-2-12-28(14-16)21-7-5-18(26-27-21)15-8-10-24-11-9-15/h4-11,13,16H,2-3,12,14H2,1H3,(H,25,29). The van der Waals surface area contributed by atoms with Gasteiger partial charge in [0.1, 0.15) is 5.75 Å². The molecule has 1 unspecified atom stereocenters. The number of ether oxygens (including phenoxy) is 1. The summed E-state index contributed by atoms with van der Waals surface area (Å²) in [5.74, 6) is 1.13. The molecule has 4 rings (SSSR count). The number of pyridine rings is 1. The molecule has 3 aromatic rings. The van der Waals surface area contributed by atoms with Crippen LogP contribution in [-0.2, 0) is 4.79 Å². The van der Waals surface area contributed by atoms with Gasteiger partial charge in [-0.25, -0.2) is 0 Å². The fourth-order valence-corrected chi connectivity index (χ4v) is 3.75. The highest BCUT2D eigenvalue weighted by Crippen LogP contribution is 2.29. The maximum absolute atomic E-state index is 12.9. The van der Waals surface area contributed by atoms with E-state index in [0.717, 1.165) is 36.5 Å². The van der Waals surface area contributed by atoms with Gasteiger partial charge in [0, 0.05) is 36.1 Å². The minimum Gasteiger partial charge on any atom is -0.495 e. The zero-order valence-electron chi connectivity index (χ0n) is 16.6. The van der Waals surface area contributed by atoms with Crippen LogP contribution in [0, 0.1) is 5.92 Å². The Morgan fingerprint density at radius 2 is 2.00 bits per heavy atom. The lowest BCUT2D eigenvalue weighted by Crippen LogP contribution is -2.41. The predicted octanol–water partition coefficient (Wildman–Crippen LogP) is 4.06. The Kier molecular flexibility index (Phi) is 6.09. The largest absolute Gasteiger partial charge is 0.495 e. The third-order valence-corrected chi connectivity index (χ3v) is 5.40. The van der Waals surface area contributed by atoms with Crippen molar-refractivity contribution in [1.82, 2.24) is 15.2 Å². The molecule has 1 aliphatic heterocycles. The van der Waals surface area contributed by atoms with Crippen LogP contribution in [0.1, 0.15) is 12.8 Å². The molecule has 3 heterocycles. The summed E-state index contributed by atoms with van der Waals surface area (Å²) in [5.41, 5.74) is 2.34.